The maximum absolute atomic E-state index is 11.8. The van der Waals surface area contributed by atoms with Gasteiger partial charge in [0.25, 0.3) is 5.91 Å². The third-order valence-electron chi connectivity index (χ3n) is 3.36. The number of nitrogens with one attached hydrogen (secondary N) is 1. The number of hydrogen-bond donors (Lipinski definition) is 1. The molecule has 0 aromatic heterocycles. The molecule has 1 aromatic carbocycles. The number of carbonyl (C=O) groups excluding carboxylic acids is 2. The molecule has 0 saturated carbocycles. The summed E-state index contributed by atoms with van der Waals surface area (Å²) in [4.78, 5) is 23.5. The zero-order valence-corrected chi connectivity index (χ0v) is 13.8. The monoisotopic (exact) mass is 318 g/mol. The quantitative estimate of drug-likeness (QED) is 0.777. The summed E-state index contributed by atoms with van der Waals surface area (Å²) in [7, 11) is 0. The molecule has 0 unspecified atom stereocenters. The van der Waals surface area contributed by atoms with Crippen LogP contribution >= 0.6 is 0 Å². The molecule has 0 aliphatic carbocycles. The van der Waals surface area contributed by atoms with E-state index in [-0.39, 0.29) is 18.6 Å². The Morgan fingerprint density at radius 1 is 1.17 bits per heavy atom. The summed E-state index contributed by atoms with van der Waals surface area (Å²) in [6.07, 6.45) is -0.849. The number of amides is 1. The van der Waals surface area contributed by atoms with Crippen molar-refractivity contribution in [2.24, 2.45) is 5.92 Å². The number of ether oxygens (including phenoxy) is 2. The summed E-state index contributed by atoms with van der Waals surface area (Å²) in [5.41, 5.74) is 0.503. The van der Waals surface area contributed by atoms with E-state index < -0.39 is 12.1 Å². The molecule has 2 atom stereocenters. The Labute approximate surface area is 136 Å². The Morgan fingerprint density at radius 3 is 2.30 bits per heavy atom. The highest BCUT2D eigenvalue weighted by Gasteiger charge is 2.18. The number of carbonyl (C=O) groups is 2. The molecule has 23 heavy (non-hydrogen) atoms. The molecule has 0 spiro atoms. The van der Waals surface area contributed by atoms with Gasteiger partial charge >= 0.3 is 5.97 Å². The predicted octanol–water partition coefficient (Wildman–Crippen LogP) is 2.03. The van der Waals surface area contributed by atoms with E-state index in [0.717, 1.165) is 0 Å². The summed E-state index contributed by atoms with van der Waals surface area (Å²) < 4.78 is 10.3. The van der Waals surface area contributed by atoms with Gasteiger partial charge in [-0.2, -0.15) is 5.26 Å². The highest BCUT2D eigenvalue weighted by atomic mass is 16.6. The number of nitrogens with zero attached hydrogens (tertiary/aromatic N) is 1. The maximum atomic E-state index is 11.8. The largest absolute Gasteiger partial charge is 0.479 e. The number of nitriles is 1. The van der Waals surface area contributed by atoms with E-state index in [1.165, 1.54) is 6.92 Å². The summed E-state index contributed by atoms with van der Waals surface area (Å²) in [5.74, 6) is -0.216. The Bertz CT molecular complexity index is 575. The molecule has 0 radical (unpaired) electrons. The first-order valence-electron chi connectivity index (χ1n) is 7.46. The van der Waals surface area contributed by atoms with Gasteiger partial charge in [0.1, 0.15) is 5.75 Å². The minimum Gasteiger partial charge on any atom is -0.479 e. The molecule has 0 fully saturated rings. The maximum Gasteiger partial charge on any atom is 0.347 e. The summed E-state index contributed by atoms with van der Waals surface area (Å²) in [5, 5.41) is 11.5. The molecular formula is C17H22N2O4. The highest BCUT2D eigenvalue weighted by Crippen LogP contribution is 2.13. The van der Waals surface area contributed by atoms with Crippen molar-refractivity contribution in [3.63, 3.8) is 0 Å². The van der Waals surface area contributed by atoms with E-state index in [0.29, 0.717) is 17.2 Å². The molecule has 0 saturated heterocycles. The molecule has 1 rings (SSSR count). The molecule has 1 amide bonds. The van der Waals surface area contributed by atoms with Crippen LogP contribution in [0, 0.1) is 17.2 Å². The Kier molecular flexibility index (Phi) is 7.07. The van der Waals surface area contributed by atoms with Gasteiger partial charge in [-0.25, -0.2) is 4.79 Å². The van der Waals surface area contributed by atoms with E-state index >= 15 is 0 Å². The second kappa shape index (κ2) is 8.79. The van der Waals surface area contributed by atoms with Crippen molar-refractivity contribution < 1.29 is 19.1 Å². The lowest BCUT2D eigenvalue weighted by Gasteiger charge is -2.18. The first-order valence-corrected chi connectivity index (χ1v) is 7.46. The van der Waals surface area contributed by atoms with E-state index in [4.69, 9.17) is 14.7 Å². The predicted molar refractivity (Wildman–Crippen MR) is 84.6 cm³/mol. The lowest BCUT2D eigenvalue weighted by molar-refractivity contribution is -0.154. The zero-order chi connectivity index (χ0) is 17.4. The van der Waals surface area contributed by atoms with Gasteiger partial charge in [-0.05, 0) is 44.0 Å². The van der Waals surface area contributed by atoms with Gasteiger partial charge in [-0.15, -0.1) is 0 Å². The molecule has 6 heteroatoms. The van der Waals surface area contributed by atoms with Gasteiger partial charge in [-0.3, -0.25) is 4.79 Å². The highest BCUT2D eigenvalue weighted by molar-refractivity contribution is 5.82. The zero-order valence-electron chi connectivity index (χ0n) is 13.8. The first kappa shape index (κ1) is 18.5. The topological polar surface area (TPSA) is 88.4 Å². The van der Waals surface area contributed by atoms with Crippen molar-refractivity contribution in [3.8, 4) is 11.8 Å². The van der Waals surface area contributed by atoms with Crippen molar-refractivity contribution in [3.05, 3.63) is 29.8 Å². The molecule has 0 bridgehead atoms. The lowest BCUT2D eigenvalue weighted by Crippen LogP contribution is -2.39. The van der Waals surface area contributed by atoms with E-state index in [1.807, 2.05) is 26.8 Å². The Hall–Kier alpha value is -2.55. The van der Waals surface area contributed by atoms with Gasteiger partial charge in [0, 0.05) is 6.04 Å². The summed E-state index contributed by atoms with van der Waals surface area (Å²) >= 11 is 0. The number of esters is 1. The van der Waals surface area contributed by atoms with Crippen molar-refractivity contribution in [1.82, 2.24) is 5.32 Å². The van der Waals surface area contributed by atoms with Crippen LogP contribution in [-0.2, 0) is 14.3 Å². The number of hydrogen-bond acceptors (Lipinski definition) is 5. The van der Waals surface area contributed by atoms with Crippen LogP contribution in [0.3, 0.4) is 0 Å². The van der Waals surface area contributed by atoms with E-state index in [9.17, 15) is 9.59 Å². The molecule has 1 aromatic rings. The molecule has 0 aliphatic heterocycles. The summed E-state index contributed by atoms with van der Waals surface area (Å²) in [6.45, 7) is 7.07. The molecule has 1 N–H and O–H groups in total. The Morgan fingerprint density at radius 2 is 1.78 bits per heavy atom. The lowest BCUT2D eigenvalue weighted by atomic mass is 10.1. The minimum absolute atomic E-state index is 0.00789. The molecule has 0 aliphatic rings. The van der Waals surface area contributed by atoms with Gasteiger partial charge < -0.3 is 14.8 Å². The average Bonchev–Trinajstić information content (AvgIpc) is 2.53. The van der Waals surface area contributed by atoms with Crippen molar-refractivity contribution >= 4 is 11.9 Å². The van der Waals surface area contributed by atoms with Crippen LogP contribution in [0.1, 0.15) is 33.3 Å². The molecule has 0 heterocycles. The van der Waals surface area contributed by atoms with Gasteiger partial charge in [0.05, 0.1) is 11.6 Å². The second-order valence-electron chi connectivity index (χ2n) is 5.60. The fourth-order valence-electron chi connectivity index (χ4n) is 1.58. The molecular weight excluding hydrogens is 296 g/mol. The fraction of sp³-hybridized carbons (Fsp3) is 0.471. The minimum atomic E-state index is -0.849. The third kappa shape index (κ3) is 6.39. The molecule has 124 valence electrons. The molecule has 6 nitrogen and oxygen atoms in total. The Balaban J connectivity index is 2.41. The normalized spacial score (nSPS) is 12.9. The number of benzene rings is 1. The van der Waals surface area contributed by atoms with E-state index in [2.05, 4.69) is 5.32 Å². The van der Waals surface area contributed by atoms with Gasteiger partial charge in [0.15, 0.2) is 12.7 Å². The van der Waals surface area contributed by atoms with Crippen LogP contribution in [-0.4, -0.2) is 30.6 Å². The summed E-state index contributed by atoms with van der Waals surface area (Å²) in [6, 6.07) is 8.38. The van der Waals surface area contributed by atoms with Crippen LogP contribution in [0.25, 0.3) is 0 Å². The second-order valence-corrected chi connectivity index (χ2v) is 5.60. The standard InChI is InChI=1S/C17H22N2O4/c1-11(2)12(3)19-16(20)10-22-17(21)13(4)23-15-7-5-14(9-18)6-8-15/h5-8,11-13H,10H2,1-4H3,(H,19,20)/t12-,13-/m1/s1. The van der Waals surface area contributed by atoms with Crippen molar-refractivity contribution in [1.29, 1.82) is 5.26 Å². The van der Waals surface area contributed by atoms with Crippen molar-refractivity contribution in [2.45, 2.75) is 39.8 Å². The first-order chi connectivity index (χ1) is 10.8. The van der Waals surface area contributed by atoms with E-state index in [1.54, 1.807) is 24.3 Å². The van der Waals surface area contributed by atoms with Crippen molar-refractivity contribution in [2.75, 3.05) is 6.61 Å². The van der Waals surface area contributed by atoms with Crippen LogP contribution in [0.2, 0.25) is 0 Å². The number of rotatable bonds is 7. The third-order valence-corrected chi connectivity index (χ3v) is 3.36. The van der Waals surface area contributed by atoms with Crippen LogP contribution in [0.15, 0.2) is 24.3 Å². The fourth-order valence-corrected chi connectivity index (χ4v) is 1.58. The van der Waals surface area contributed by atoms with Crippen LogP contribution in [0.5, 0.6) is 5.75 Å². The smallest absolute Gasteiger partial charge is 0.347 e. The van der Waals surface area contributed by atoms with Gasteiger partial charge in [0.2, 0.25) is 0 Å². The SMILES string of the molecule is CC(C)[C@@H](C)NC(=O)COC(=O)[C@@H](C)Oc1ccc(C#N)cc1. The average molecular weight is 318 g/mol. The van der Waals surface area contributed by atoms with Crippen LogP contribution < -0.4 is 10.1 Å². The van der Waals surface area contributed by atoms with Gasteiger partial charge in [-0.1, -0.05) is 13.8 Å². The van der Waals surface area contributed by atoms with Crippen LogP contribution in [0.4, 0.5) is 0 Å².